The maximum atomic E-state index is 5.91. The summed E-state index contributed by atoms with van der Waals surface area (Å²) < 4.78 is 0. The summed E-state index contributed by atoms with van der Waals surface area (Å²) in [5.74, 6) is 2.97. The molecule has 1 heterocycles. The molecule has 1 atom stereocenters. The summed E-state index contributed by atoms with van der Waals surface area (Å²) in [5, 5.41) is 3.39. The number of hydrogen-bond acceptors (Lipinski definition) is 4. The number of rotatable bonds is 4. The van der Waals surface area contributed by atoms with Crippen LogP contribution in [0.3, 0.4) is 0 Å². The van der Waals surface area contributed by atoms with Crippen molar-refractivity contribution >= 4 is 11.6 Å². The molecule has 1 unspecified atom stereocenters. The summed E-state index contributed by atoms with van der Waals surface area (Å²) in [5.41, 5.74) is 6.88. The standard InChI is InChI=1S/C12H20N4/c1-4-7(2)14-11-8(3)10(13)15-12(16-11)9-5-6-9/h7,9H,4-6H2,1-3H3,(H3,13,14,15,16). The van der Waals surface area contributed by atoms with Gasteiger partial charge in [0.25, 0.3) is 0 Å². The minimum Gasteiger partial charge on any atom is -0.383 e. The van der Waals surface area contributed by atoms with E-state index in [1.807, 2.05) is 6.92 Å². The molecular formula is C12H20N4. The molecule has 1 aliphatic rings. The van der Waals surface area contributed by atoms with Gasteiger partial charge in [-0.3, -0.25) is 0 Å². The number of hydrogen-bond donors (Lipinski definition) is 2. The predicted molar refractivity (Wildman–Crippen MR) is 66.5 cm³/mol. The molecule has 4 heteroatoms. The average molecular weight is 220 g/mol. The fourth-order valence-corrected chi connectivity index (χ4v) is 1.55. The van der Waals surface area contributed by atoms with Crippen LogP contribution in [-0.2, 0) is 0 Å². The van der Waals surface area contributed by atoms with Crippen LogP contribution in [0.25, 0.3) is 0 Å². The zero-order valence-electron chi connectivity index (χ0n) is 10.2. The van der Waals surface area contributed by atoms with Crippen LogP contribution >= 0.6 is 0 Å². The van der Waals surface area contributed by atoms with Crippen LogP contribution in [0.4, 0.5) is 11.6 Å². The molecule has 0 aromatic carbocycles. The molecule has 1 fully saturated rings. The molecule has 88 valence electrons. The highest BCUT2D eigenvalue weighted by Gasteiger charge is 2.27. The van der Waals surface area contributed by atoms with Crippen LogP contribution in [0.15, 0.2) is 0 Å². The lowest BCUT2D eigenvalue weighted by Crippen LogP contribution is -2.17. The third kappa shape index (κ3) is 2.26. The van der Waals surface area contributed by atoms with Crippen molar-refractivity contribution < 1.29 is 0 Å². The quantitative estimate of drug-likeness (QED) is 0.818. The van der Waals surface area contributed by atoms with Gasteiger partial charge in [0, 0.05) is 17.5 Å². The van der Waals surface area contributed by atoms with E-state index in [-0.39, 0.29) is 0 Å². The maximum absolute atomic E-state index is 5.91. The first-order chi connectivity index (χ1) is 7.61. The maximum Gasteiger partial charge on any atom is 0.136 e. The summed E-state index contributed by atoms with van der Waals surface area (Å²) in [6.07, 6.45) is 3.47. The van der Waals surface area contributed by atoms with Crippen LogP contribution in [0, 0.1) is 6.92 Å². The van der Waals surface area contributed by atoms with E-state index in [0.29, 0.717) is 17.8 Å². The van der Waals surface area contributed by atoms with E-state index >= 15 is 0 Å². The summed E-state index contributed by atoms with van der Waals surface area (Å²) in [6.45, 7) is 6.27. The monoisotopic (exact) mass is 220 g/mol. The van der Waals surface area contributed by atoms with Crippen LogP contribution < -0.4 is 11.1 Å². The number of anilines is 2. The van der Waals surface area contributed by atoms with E-state index in [1.165, 1.54) is 12.8 Å². The molecule has 0 spiro atoms. The minimum absolute atomic E-state index is 0.417. The van der Waals surface area contributed by atoms with Gasteiger partial charge in [0.2, 0.25) is 0 Å². The van der Waals surface area contributed by atoms with Gasteiger partial charge in [-0.1, -0.05) is 6.92 Å². The minimum atomic E-state index is 0.417. The molecule has 1 saturated carbocycles. The third-order valence-corrected chi connectivity index (χ3v) is 3.14. The second-order valence-electron chi connectivity index (χ2n) is 4.67. The molecule has 3 N–H and O–H groups in total. The second-order valence-corrected chi connectivity index (χ2v) is 4.67. The molecule has 0 saturated heterocycles. The van der Waals surface area contributed by atoms with E-state index in [4.69, 9.17) is 5.73 Å². The zero-order chi connectivity index (χ0) is 11.7. The Morgan fingerprint density at radius 3 is 2.69 bits per heavy atom. The lowest BCUT2D eigenvalue weighted by atomic mass is 10.2. The Morgan fingerprint density at radius 2 is 2.12 bits per heavy atom. The number of aromatic nitrogens is 2. The molecule has 1 aromatic heterocycles. The van der Waals surface area contributed by atoms with Crippen molar-refractivity contribution in [1.82, 2.24) is 9.97 Å². The largest absolute Gasteiger partial charge is 0.383 e. The van der Waals surface area contributed by atoms with Crippen molar-refractivity contribution in [3.63, 3.8) is 0 Å². The van der Waals surface area contributed by atoms with Gasteiger partial charge in [-0.25, -0.2) is 9.97 Å². The zero-order valence-corrected chi connectivity index (χ0v) is 10.2. The summed E-state index contributed by atoms with van der Waals surface area (Å²) in [7, 11) is 0. The molecule has 4 nitrogen and oxygen atoms in total. The van der Waals surface area contributed by atoms with Crippen LogP contribution in [0.1, 0.15) is 50.4 Å². The normalized spacial score (nSPS) is 17.2. The Morgan fingerprint density at radius 1 is 1.44 bits per heavy atom. The molecule has 0 bridgehead atoms. The van der Waals surface area contributed by atoms with Gasteiger partial charge in [-0.15, -0.1) is 0 Å². The Balaban J connectivity index is 2.27. The third-order valence-electron chi connectivity index (χ3n) is 3.14. The molecular weight excluding hydrogens is 200 g/mol. The van der Waals surface area contributed by atoms with Crippen LogP contribution in [0.2, 0.25) is 0 Å². The van der Waals surface area contributed by atoms with Gasteiger partial charge < -0.3 is 11.1 Å². The smallest absolute Gasteiger partial charge is 0.136 e. The first-order valence-electron chi connectivity index (χ1n) is 6.02. The summed E-state index contributed by atoms with van der Waals surface area (Å²) in [4.78, 5) is 8.94. The second kappa shape index (κ2) is 4.28. The van der Waals surface area contributed by atoms with Crippen molar-refractivity contribution in [2.75, 3.05) is 11.1 Å². The lowest BCUT2D eigenvalue weighted by molar-refractivity contribution is 0.753. The Hall–Kier alpha value is -1.32. The SMILES string of the molecule is CCC(C)Nc1nc(C2CC2)nc(N)c1C. The first-order valence-corrected chi connectivity index (χ1v) is 6.02. The molecule has 16 heavy (non-hydrogen) atoms. The van der Waals surface area contributed by atoms with E-state index < -0.39 is 0 Å². The summed E-state index contributed by atoms with van der Waals surface area (Å²) >= 11 is 0. The van der Waals surface area contributed by atoms with E-state index in [1.54, 1.807) is 0 Å². The van der Waals surface area contributed by atoms with Gasteiger partial charge in [-0.2, -0.15) is 0 Å². The highest BCUT2D eigenvalue weighted by Crippen LogP contribution is 2.39. The van der Waals surface area contributed by atoms with E-state index in [2.05, 4.69) is 29.1 Å². The van der Waals surface area contributed by atoms with Gasteiger partial charge in [-0.05, 0) is 33.1 Å². The van der Waals surface area contributed by atoms with Gasteiger partial charge in [0.15, 0.2) is 0 Å². The average Bonchev–Trinajstić information content (AvgIpc) is 3.07. The molecule has 2 rings (SSSR count). The number of nitrogens with two attached hydrogens (primary N) is 1. The number of nitrogen functional groups attached to an aromatic ring is 1. The first kappa shape index (κ1) is 11.2. The molecule has 0 amide bonds. The van der Waals surface area contributed by atoms with Crippen molar-refractivity contribution in [1.29, 1.82) is 0 Å². The van der Waals surface area contributed by atoms with E-state index in [0.717, 1.165) is 23.6 Å². The Bertz CT molecular complexity index is 385. The molecule has 1 aliphatic carbocycles. The van der Waals surface area contributed by atoms with Crippen molar-refractivity contribution in [3.05, 3.63) is 11.4 Å². The Kier molecular flexibility index (Phi) is 2.99. The summed E-state index contributed by atoms with van der Waals surface area (Å²) in [6, 6.07) is 0.417. The molecule has 0 radical (unpaired) electrons. The molecule has 0 aliphatic heterocycles. The number of nitrogens with one attached hydrogen (secondary N) is 1. The Labute approximate surface area is 96.7 Å². The van der Waals surface area contributed by atoms with Crippen LogP contribution in [-0.4, -0.2) is 16.0 Å². The van der Waals surface area contributed by atoms with Crippen molar-refractivity contribution in [3.8, 4) is 0 Å². The highest BCUT2D eigenvalue weighted by atomic mass is 15.1. The topological polar surface area (TPSA) is 63.8 Å². The predicted octanol–water partition coefficient (Wildman–Crippen LogP) is 2.46. The lowest BCUT2D eigenvalue weighted by Gasteiger charge is -2.16. The van der Waals surface area contributed by atoms with Gasteiger partial charge >= 0.3 is 0 Å². The van der Waals surface area contributed by atoms with Crippen molar-refractivity contribution in [2.24, 2.45) is 0 Å². The van der Waals surface area contributed by atoms with Gasteiger partial charge in [0.05, 0.1) is 0 Å². The van der Waals surface area contributed by atoms with E-state index in [9.17, 15) is 0 Å². The van der Waals surface area contributed by atoms with Gasteiger partial charge in [0.1, 0.15) is 17.5 Å². The number of nitrogens with zero attached hydrogens (tertiary/aromatic N) is 2. The fraction of sp³-hybridized carbons (Fsp3) is 0.667. The highest BCUT2D eigenvalue weighted by molar-refractivity contribution is 5.55. The molecule has 1 aromatic rings. The fourth-order valence-electron chi connectivity index (χ4n) is 1.55. The van der Waals surface area contributed by atoms with Crippen LogP contribution in [0.5, 0.6) is 0 Å². The van der Waals surface area contributed by atoms with Crippen molar-refractivity contribution in [2.45, 2.75) is 52.0 Å².